The van der Waals surface area contributed by atoms with Crippen LogP contribution >= 0.6 is 0 Å². The van der Waals surface area contributed by atoms with Crippen LogP contribution in [-0.4, -0.2) is 67.2 Å². The molecule has 1 saturated heterocycles. The molecular weight excluding hydrogens is 337 g/mol. The first-order valence-electron chi connectivity index (χ1n) is 9.26. The van der Waals surface area contributed by atoms with E-state index in [1.54, 1.807) is 21.9 Å². The molecule has 1 unspecified atom stereocenters. The molecule has 1 N–H and O–H groups in total. The molecule has 0 spiro atoms. The highest BCUT2D eigenvalue weighted by Crippen LogP contribution is 2.30. The summed E-state index contributed by atoms with van der Waals surface area (Å²) in [6, 6.07) is 5.67. The topological polar surface area (TPSA) is 61.9 Å². The van der Waals surface area contributed by atoms with E-state index >= 15 is 0 Å². The van der Waals surface area contributed by atoms with Crippen LogP contribution in [0.25, 0.3) is 0 Å². The number of nitrogens with one attached hydrogen (secondary N) is 1. The summed E-state index contributed by atoms with van der Waals surface area (Å²) in [5, 5.41) is 2.80. The van der Waals surface area contributed by atoms with Crippen LogP contribution in [-0.2, 0) is 4.74 Å². The number of hydrogen-bond acceptors (Lipinski definition) is 3. The largest absolute Gasteiger partial charge is 0.373 e. The van der Waals surface area contributed by atoms with Crippen molar-refractivity contribution < 1.29 is 18.7 Å². The van der Waals surface area contributed by atoms with Gasteiger partial charge in [-0.3, -0.25) is 4.79 Å². The molecule has 3 amide bonds. The number of hydrogen-bond donors (Lipinski definition) is 1. The van der Waals surface area contributed by atoms with Crippen LogP contribution in [0.4, 0.5) is 9.18 Å². The molecule has 1 heterocycles. The fraction of sp³-hybridized carbons (Fsp3) is 0.579. The predicted molar refractivity (Wildman–Crippen MR) is 95.4 cm³/mol. The average molecular weight is 363 g/mol. The standard InChI is InChI=1S/C19H26FN3O3/c1-2-21-19(25)22-8-9-26-17(12-22)13-23(11-14-6-7-14)18(24)15-4-3-5-16(20)10-15/h3-5,10,14,17H,2,6-9,11-13H2,1H3,(H,21,25). The van der Waals surface area contributed by atoms with E-state index in [0.29, 0.717) is 50.8 Å². The quantitative estimate of drug-likeness (QED) is 0.842. The molecule has 1 aliphatic heterocycles. The number of halogens is 1. The van der Waals surface area contributed by atoms with E-state index < -0.39 is 5.82 Å². The zero-order valence-electron chi connectivity index (χ0n) is 15.1. The summed E-state index contributed by atoms with van der Waals surface area (Å²) in [4.78, 5) is 28.4. The molecular formula is C19H26FN3O3. The van der Waals surface area contributed by atoms with Gasteiger partial charge in [0, 0.05) is 31.7 Å². The maximum atomic E-state index is 13.5. The van der Waals surface area contributed by atoms with Crippen molar-refractivity contribution in [1.82, 2.24) is 15.1 Å². The molecule has 1 atom stereocenters. The molecule has 7 heteroatoms. The third-order valence-corrected chi connectivity index (χ3v) is 4.71. The lowest BCUT2D eigenvalue weighted by Crippen LogP contribution is -2.53. The van der Waals surface area contributed by atoms with E-state index in [1.165, 1.54) is 12.1 Å². The Morgan fingerprint density at radius 2 is 2.15 bits per heavy atom. The minimum atomic E-state index is -0.418. The summed E-state index contributed by atoms with van der Waals surface area (Å²) >= 11 is 0. The molecule has 142 valence electrons. The third kappa shape index (κ3) is 4.94. The monoisotopic (exact) mass is 363 g/mol. The van der Waals surface area contributed by atoms with Gasteiger partial charge in [-0.15, -0.1) is 0 Å². The molecule has 1 aromatic carbocycles. The fourth-order valence-corrected chi connectivity index (χ4v) is 3.18. The second-order valence-corrected chi connectivity index (χ2v) is 6.94. The molecule has 0 bridgehead atoms. The Labute approximate surface area is 153 Å². The van der Waals surface area contributed by atoms with E-state index in [-0.39, 0.29) is 18.0 Å². The van der Waals surface area contributed by atoms with Gasteiger partial charge in [0.05, 0.1) is 19.3 Å². The summed E-state index contributed by atoms with van der Waals surface area (Å²) in [7, 11) is 0. The minimum Gasteiger partial charge on any atom is -0.373 e. The maximum absolute atomic E-state index is 13.5. The molecule has 26 heavy (non-hydrogen) atoms. The first-order chi connectivity index (χ1) is 12.6. The van der Waals surface area contributed by atoms with Crippen LogP contribution in [0.3, 0.4) is 0 Å². The lowest BCUT2D eigenvalue weighted by Gasteiger charge is -2.35. The van der Waals surface area contributed by atoms with E-state index in [9.17, 15) is 14.0 Å². The number of morpholine rings is 1. The molecule has 2 fully saturated rings. The van der Waals surface area contributed by atoms with Crippen LogP contribution in [0.5, 0.6) is 0 Å². The Kier molecular flexibility index (Phi) is 6.08. The second-order valence-electron chi connectivity index (χ2n) is 6.94. The summed E-state index contributed by atoms with van der Waals surface area (Å²) in [6.45, 7) is 4.95. The zero-order chi connectivity index (χ0) is 18.5. The zero-order valence-corrected chi connectivity index (χ0v) is 15.1. The van der Waals surface area contributed by atoms with Gasteiger partial charge >= 0.3 is 6.03 Å². The van der Waals surface area contributed by atoms with Gasteiger partial charge in [-0.2, -0.15) is 0 Å². The average Bonchev–Trinajstić information content (AvgIpc) is 3.45. The summed E-state index contributed by atoms with van der Waals surface area (Å²) in [5.41, 5.74) is 0.349. The van der Waals surface area contributed by atoms with Crippen LogP contribution in [0, 0.1) is 11.7 Å². The van der Waals surface area contributed by atoms with Crippen LogP contribution in [0.1, 0.15) is 30.1 Å². The molecule has 1 saturated carbocycles. The van der Waals surface area contributed by atoms with Gasteiger partial charge < -0.3 is 19.9 Å². The third-order valence-electron chi connectivity index (χ3n) is 4.71. The number of carbonyl (C=O) groups is 2. The van der Waals surface area contributed by atoms with Crippen molar-refractivity contribution in [3.63, 3.8) is 0 Å². The molecule has 1 aliphatic carbocycles. The molecule has 2 aliphatic rings. The lowest BCUT2D eigenvalue weighted by atomic mass is 10.1. The van der Waals surface area contributed by atoms with E-state index in [1.807, 2.05) is 6.92 Å². The molecule has 3 rings (SSSR count). The maximum Gasteiger partial charge on any atom is 0.317 e. The van der Waals surface area contributed by atoms with Gasteiger partial charge in [-0.25, -0.2) is 9.18 Å². The minimum absolute atomic E-state index is 0.106. The number of rotatable bonds is 6. The van der Waals surface area contributed by atoms with Crippen molar-refractivity contribution in [1.29, 1.82) is 0 Å². The molecule has 6 nitrogen and oxygen atoms in total. The molecule has 0 radical (unpaired) electrons. The second kappa shape index (κ2) is 8.49. The van der Waals surface area contributed by atoms with Crippen molar-refractivity contribution in [2.24, 2.45) is 5.92 Å². The lowest BCUT2D eigenvalue weighted by molar-refractivity contribution is -0.0281. The number of carbonyl (C=O) groups excluding carboxylic acids is 2. The Balaban J connectivity index is 1.66. The van der Waals surface area contributed by atoms with E-state index in [0.717, 1.165) is 12.8 Å². The first kappa shape index (κ1) is 18.6. The van der Waals surface area contributed by atoms with Crippen LogP contribution < -0.4 is 5.32 Å². The van der Waals surface area contributed by atoms with Crippen molar-refractivity contribution in [3.8, 4) is 0 Å². The Bertz CT molecular complexity index is 651. The van der Waals surface area contributed by atoms with Crippen molar-refractivity contribution in [2.45, 2.75) is 25.9 Å². The van der Waals surface area contributed by atoms with Crippen molar-refractivity contribution in [2.75, 3.05) is 39.3 Å². The number of amides is 3. The van der Waals surface area contributed by atoms with Gasteiger partial charge in [-0.05, 0) is 43.9 Å². The highest BCUT2D eigenvalue weighted by Gasteiger charge is 2.31. The van der Waals surface area contributed by atoms with E-state index in [4.69, 9.17) is 4.74 Å². The first-order valence-corrected chi connectivity index (χ1v) is 9.26. The smallest absolute Gasteiger partial charge is 0.317 e. The highest BCUT2D eigenvalue weighted by atomic mass is 19.1. The Hall–Kier alpha value is -2.15. The van der Waals surface area contributed by atoms with Gasteiger partial charge in [0.2, 0.25) is 0 Å². The van der Waals surface area contributed by atoms with Crippen molar-refractivity contribution in [3.05, 3.63) is 35.6 Å². The van der Waals surface area contributed by atoms with Crippen molar-refractivity contribution >= 4 is 11.9 Å². The fourth-order valence-electron chi connectivity index (χ4n) is 3.18. The normalized spacial score (nSPS) is 19.9. The summed E-state index contributed by atoms with van der Waals surface area (Å²) < 4.78 is 19.3. The predicted octanol–water partition coefficient (Wildman–Crippen LogP) is 2.11. The van der Waals surface area contributed by atoms with Crippen LogP contribution in [0.15, 0.2) is 24.3 Å². The van der Waals surface area contributed by atoms with E-state index in [2.05, 4.69) is 5.32 Å². The van der Waals surface area contributed by atoms with Crippen LogP contribution in [0.2, 0.25) is 0 Å². The van der Waals surface area contributed by atoms with Gasteiger partial charge in [-0.1, -0.05) is 6.07 Å². The summed E-state index contributed by atoms with van der Waals surface area (Å²) in [5.74, 6) is -0.0933. The number of nitrogens with zero attached hydrogens (tertiary/aromatic N) is 2. The Morgan fingerprint density at radius 3 is 2.85 bits per heavy atom. The molecule has 1 aromatic rings. The molecule has 0 aromatic heterocycles. The number of benzene rings is 1. The van der Waals surface area contributed by atoms with Gasteiger partial charge in [0.25, 0.3) is 5.91 Å². The summed E-state index contributed by atoms with van der Waals surface area (Å²) in [6.07, 6.45) is 2.00. The van der Waals surface area contributed by atoms with Gasteiger partial charge in [0.1, 0.15) is 5.82 Å². The number of ether oxygens (including phenoxy) is 1. The SMILES string of the molecule is CCNC(=O)N1CCOC(CN(CC2CC2)C(=O)c2cccc(F)c2)C1. The Morgan fingerprint density at radius 1 is 1.35 bits per heavy atom. The van der Waals surface area contributed by atoms with Gasteiger partial charge in [0.15, 0.2) is 0 Å². The number of urea groups is 1. The highest BCUT2D eigenvalue weighted by molar-refractivity contribution is 5.94.